The van der Waals surface area contributed by atoms with E-state index in [0.29, 0.717) is 31.2 Å². The molecule has 4 heterocycles. The van der Waals surface area contributed by atoms with Gasteiger partial charge in [-0.15, -0.1) is 0 Å². The zero-order chi connectivity index (χ0) is 30.9. The van der Waals surface area contributed by atoms with Gasteiger partial charge in [0.1, 0.15) is 23.3 Å². The quantitative estimate of drug-likeness (QED) is 0.370. The van der Waals surface area contributed by atoms with E-state index < -0.39 is 29.6 Å². The Morgan fingerprint density at radius 1 is 1.09 bits per heavy atom. The summed E-state index contributed by atoms with van der Waals surface area (Å²) in [6.45, 7) is 3.51. The van der Waals surface area contributed by atoms with Crippen LogP contribution in [0.1, 0.15) is 29.8 Å². The van der Waals surface area contributed by atoms with Crippen molar-refractivity contribution in [2.45, 2.75) is 32.6 Å². The Labute approximate surface area is 250 Å². The molecule has 0 aliphatic carbocycles. The summed E-state index contributed by atoms with van der Waals surface area (Å²) in [5.41, 5.74) is -1.64. The van der Waals surface area contributed by atoms with Crippen LogP contribution in [0.5, 0.6) is 0 Å². The van der Waals surface area contributed by atoms with Crippen molar-refractivity contribution in [2.24, 2.45) is 0 Å². The van der Waals surface area contributed by atoms with Crippen LogP contribution < -0.4 is 21.1 Å². The van der Waals surface area contributed by atoms with Crippen LogP contribution in [0, 0.1) is 0 Å². The van der Waals surface area contributed by atoms with Crippen molar-refractivity contribution in [3.8, 4) is 0 Å². The summed E-state index contributed by atoms with van der Waals surface area (Å²) < 4.78 is 15.1. The minimum atomic E-state index is -1.50. The van der Waals surface area contributed by atoms with Gasteiger partial charge in [0, 0.05) is 44.7 Å². The highest BCUT2D eigenvalue weighted by atomic mass is 35.5. The molecule has 226 valence electrons. The first-order chi connectivity index (χ1) is 20.4. The van der Waals surface area contributed by atoms with Crippen LogP contribution in [0.15, 0.2) is 41.3 Å². The van der Waals surface area contributed by atoms with E-state index in [-0.39, 0.29) is 54.1 Å². The lowest BCUT2D eigenvalue weighted by atomic mass is 9.99. The van der Waals surface area contributed by atoms with Gasteiger partial charge in [0.05, 0.1) is 19.3 Å². The maximum Gasteiger partial charge on any atom is 0.325 e. The summed E-state index contributed by atoms with van der Waals surface area (Å²) in [5, 5.41) is 5.89. The number of anilines is 1. The molecule has 15 heteroatoms. The number of likely N-dealkylation sites (tertiary alicyclic amines) is 1. The van der Waals surface area contributed by atoms with Gasteiger partial charge in [0.2, 0.25) is 11.8 Å². The number of fused-ring (bicyclic) bond motifs is 1. The summed E-state index contributed by atoms with van der Waals surface area (Å²) in [4.78, 5) is 77.0. The SMILES string of the molecule is CC(=O)NCCN1CCN(c2cnc3c(cc(C(=O)NCc4ccc(Cl)cc4)c(=O)n3CC(=O)N3CC(C)(F)C3)n2)C1=O. The molecule has 0 radical (unpaired) electrons. The van der Waals surface area contributed by atoms with E-state index in [1.54, 1.807) is 29.2 Å². The molecule has 1 aromatic carbocycles. The van der Waals surface area contributed by atoms with Crippen molar-refractivity contribution < 1.29 is 23.6 Å². The third kappa shape index (κ3) is 6.58. The summed E-state index contributed by atoms with van der Waals surface area (Å²) in [5.74, 6) is -1.21. The smallest absolute Gasteiger partial charge is 0.325 e. The Bertz CT molecular complexity index is 1650. The molecule has 2 aromatic heterocycles. The number of amides is 5. The molecule has 2 aliphatic rings. The third-order valence-electron chi connectivity index (χ3n) is 7.20. The maximum atomic E-state index is 14.1. The zero-order valence-electron chi connectivity index (χ0n) is 23.6. The number of nitrogens with zero attached hydrogens (tertiary/aromatic N) is 6. The van der Waals surface area contributed by atoms with E-state index in [2.05, 4.69) is 20.6 Å². The Balaban J connectivity index is 1.44. The third-order valence-corrected chi connectivity index (χ3v) is 7.46. The van der Waals surface area contributed by atoms with Crippen LogP contribution in [0.4, 0.5) is 15.0 Å². The van der Waals surface area contributed by atoms with E-state index in [0.717, 1.165) is 10.1 Å². The van der Waals surface area contributed by atoms with Crippen molar-refractivity contribution in [2.75, 3.05) is 44.2 Å². The fraction of sp³-hybridized carbons (Fsp3) is 0.393. The highest BCUT2D eigenvalue weighted by Gasteiger charge is 2.41. The van der Waals surface area contributed by atoms with Crippen LogP contribution >= 0.6 is 11.6 Å². The summed E-state index contributed by atoms with van der Waals surface area (Å²) >= 11 is 5.93. The molecule has 0 spiro atoms. The van der Waals surface area contributed by atoms with Gasteiger partial charge >= 0.3 is 6.03 Å². The summed E-state index contributed by atoms with van der Waals surface area (Å²) in [6.07, 6.45) is 1.32. The standard InChI is InChI=1S/C28H30ClFN8O5/c1-17(39)31-7-8-35-9-10-37(27(35)43)22-13-32-24-21(34-22)11-20(25(41)33-12-18-3-5-19(29)6-4-18)26(42)38(24)14-23(40)36-15-28(2,30)16-36/h3-6,11,13H,7-10,12,14-16H2,1-2H3,(H,31,39)(H,33,41). The molecule has 5 rings (SSSR count). The number of nitrogens with one attached hydrogen (secondary N) is 2. The zero-order valence-corrected chi connectivity index (χ0v) is 24.4. The number of alkyl halides is 1. The fourth-order valence-corrected chi connectivity index (χ4v) is 5.11. The lowest BCUT2D eigenvalue weighted by molar-refractivity contribution is -0.144. The number of pyridine rings is 1. The molecule has 0 unspecified atom stereocenters. The largest absolute Gasteiger partial charge is 0.355 e. The molecule has 2 N–H and O–H groups in total. The van der Waals surface area contributed by atoms with E-state index in [1.165, 1.54) is 35.9 Å². The number of hydrogen-bond donors (Lipinski definition) is 2. The molecule has 5 amide bonds. The van der Waals surface area contributed by atoms with Crippen LogP contribution in [0.25, 0.3) is 11.2 Å². The number of halogens is 2. The Kier molecular flexibility index (Phi) is 8.31. The summed E-state index contributed by atoms with van der Waals surface area (Å²) in [7, 11) is 0. The average molecular weight is 613 g/mol. The lowest BCUT2D eigenvalue weighted by Gasteiger charge is -2.42. The van der Waals surface area contributed by atoms with Crippen molar-refractivity contribution in [1.82, 2.24) is 35.0 Å². The van der Waals surface area contributed by atoms with Crippen LogP contribution in [0.3, 0.4) is 0 Å². The van der Waals surface area contributed by atoms with E-state index in [1.807, 2.05) is 0 Å². The molecule has 2 aliphatic heterocycles. The predicted octanol–water partition coefficient (Wildman–Crippen LogP) is 1.32. The first-order valence-electron chi connectivity index (χ1n) is 13.6. The van der Waals surface area contributed by atoms with Gasteiger partial charge < -0.3 is 20.4 Å². The second-order valence-corrected chi connectivity index (χ2v) is 11.2. The topological polar surface area (TPSA) is 150 Å². The number of urea groups is 1. The van der Waals surface area contributed by atoms with E-state index >= 15 is 0 Å². The fourth-order valence-electron chi connectivity index (χ4n) is 4.98. The van der Waals surface area contributed by atoms with Gasteiger partial charge in [-0.05, 0) is 30.7 Å². The molecule has 0 bridgehead atoms. The molecule has 0 saturated carbocycles. The summed E-state index contributed by atoms with van der Waals surface area (Å²) in [6, 6.07) is 7.76. The van der Waals surface area contributed by atoms with Crippen molar-refractivity contribution in [1.29, 1.82) is 0 Å². The molecule has 13 nitrogen and oxygen atoms in total. The van der Waals surface area contributed by atoms with Crippen molar-refractivity contribution in [3.05, 3.63) is 63.0 Å². The predicted molar refractivity (Wildman–Crippen MR) is 156 cm³/mol. The molecular formula is C28H30ClFN8O5. The normalized spacial score (nSPS) is 15.9. The van der Waals surface area contributed by atoms with Gasteiger partial charge in [-0.2, -0.15) is 0 Å². The van der Waals surface area contributed by atoms with Crippen LogP contribution in [0.2, 0.25) is 5.02 Å². The Morgan fingerprint density at radius 3 is 2.49 bits per heavy atom. The lowest BCUT2D eigenvalue weighted by Crippen LogP contribution is -2.60. The maximum absolute atomic E-state index is 14.1. The molecule has 3 aromatic rings. The van der Waals surface area contributed by atoms with Gasteiger partial charge in [0.15, 0.2) is 11.5 Å². The monoisotopic (exact) mass is 612 g/mol. The molecule has 43 heavy (non-hydrogen) atoms. The van der Waals surface area contributed by atoms with Crippen LogP contribution in [-0.2, 0) is 22.7 Å². The number of hydrogen-bond acceptors (Lipinski definition) is 7. The highest BCUT2D eigenvalue weighted by molar-refractivity contribution is 6.30. The second kappa shape index (κ2) is 12.0. The second-order valence-electron chi connectivity index (χ2n) is 10.8. The van der Waals surface area contributed by atoms with Crippen LogP contribution in [-0.4, -0.2) is 93.0 Å². The Hall–Kier alpha value is -4.59. The number of rotatable bonds is 9. The van der Waals surface area contributed by atoms with Crippen molar-refractivity contribution >= 4 is 52.3 Å². The van der Waals surface area contributed by atoms with Gasteiger partial charge in [-0.25, -0.2) is 19.2 Å². The first kappa shape index (κ1) is 29.9. The molecule has 0 atom stereocenters. The van der Waals surface area contributed by atoms with E-state index in [9.17, 15) is 28.4 Å². The number of carbonyl (C=O) groups excluding carboxylic acids is 4. The Morgan fingerprint density at radius 2 is 1.81 bits per heavy atom. The average Bonchev–Trinajstić information content (AvgIpc) is 3.31. The molecule has 2 fully saturated rings. The van der Waals surface area contributed by atoms with Gasteiger partial charge in [-0.3, -0.25) is 28.6 Å². The number of carbonyl (C=O) groups is 4. The number of benzene rings is 1. The first-order valence-corrected chi connectivity index (χ1v) is 14.0. The van der Waals surface area contributed by atoms with E-state index in [4.69, 9.17) is 11.6 Å². The minimum Gasteiger partial charge on any atom is -0.355 e. The molecular weight excluding hydrogens is 583 g/mol. The van der Waals surface area contributed by atoms with Gasteiger partial charge in [0.25, 0.3) is 11.5 Å². The highest BCUT2D eigenvalue weighted by Crippen LogP contribution is 2.25. The van der Waals surface area contributed by atoms with Crippen molar-refractivity contribution in [3.63, 3.8) is 0 Å². The van der Waals surface area contributed by atoms with Gasteiger partial charge in [-0.1, -0.05) is 23.7 Å². The molecule has 2 saturated heterocycles. The number of aromatic nitrogens is 3. The minimum absolute atomic E-state index is 0.0362.